The number of carbonyl (C=O) groups is 1. The van der Waals surface area contributed by atoms with Gasteiger partial charge in [-0.15, -0.1) is 0 Å². The van der Waals surface area contributed by atoms with Crippen LogP contribution in [-0.4, -0.2) is 16.1 Å². The van der Waals surface area contributed by atoms with E-state index in [1.54, 1.807) is 30.3 Å². The Hall–Kier alpha value is -2.40. The molecule has 5 heteroatoms. The zero-order valence-electron chi connectivity index (χ0n) is 10.6. The van der Waals surface area contributed by atoms with Crippen molar-refractivity contribution in [1.82, 2.24) is 5.32 Å². The molecule has 0 heterocycles. The van der Waals surface area contributed by atoms with Gasteiger partial charge in [-0.05, 0) is 23.3 Å². The van der Waals surface area contributed by atoms with Crippen LogP contribution in [-0.2, 0) is 11.3 Å². The smallest absolute Gasteiger partial charge is 0.253 e. The van der Waals surface area contributed by atoms with Crippen molar-refractivity contribution in [3.05, 3.63) is 65.5 Å². The number of hydrogen-bond acceptors (Lipinski definition) is 3. The average Bonchev–Trinajstić information content (AvgIpc) is 2.48. The highest BCUT2D eigenvalue weighted by atomic mass is 19.1. The Morgan fingerprint density at radius 2 is 1.90 bits per heavy atom. The van der Waals surface area contributed by atoms with E-state index >= 15 is 0 Å². The fourth-order valence-corrected chi connectivity index (χ4v) is 1.73. The summed E-state index contributed by atoms with van der Waals surface area (Å²) in [6.45, 7) is 0.0694. The Kier molecular flexibility index (Phi) is 4.32. The predicted molar refractivity (Wildman–Crippen MR) is 71.3 cm³/mol. The van der Waals surface area contributed by atoms with Gasteiger partial charge in [-0.3, -0.25) is 4.79 Å². The molecule has 1 atom stereocenters. The standard InChI is InChI=1S/C15H14FNO3/c16-12-8-10(6-7-13(12)18)9-17-15(20)14(19)11-4-2-1-3-5-11/h1-8,14,18-19H,9H2,(H,17,20). The Morgan fingerprint density at radius 3 is 2.55 bits per heavy atom. The molecule has 2 rings (SSSR count). The van der Waals surface area contributed by atoms with Gasteiger partial charge in [-0.2, -0.15) is 0 Å². The molecule has 20 heavy (non-hydrogen) atoms. The number of phenols is 1. The number of phenolic OH excluding ortho intramolecular Hbond substituents is 1. The van der Waals surface area contributed by atoms with E-state index in [1.165, 1.54) is 12.1 Å². The number of hydrogen-bond donors (Lipinski definition) is 3. The largest absolute Gasteiger partial charge is 0.505 e. The number of amides is 1. The topological polar surface area (TPSA) is 69.6 Å². The van der Waals surface area contributed by atoms with Gasteiger partial charge < -0.3 is 15.5 Å². The maximum absolute atomic E-state index is 13.1. The van der Waals surface area contributed by atoms with Crippen LogP contribution in [0.25, 0.3) is 0 Å². The molecule has 0 saturated heterocycles. The van der Waals surface area contributed by atoms with Crippen molar-refractivity contribution in [2.75, 3.05) is 0 Å². The number of carbonyl (C=O) groups excluding carboxylic acids is 1. The van der Waals surface area contributed by atoms with E-state index in [9.17, 15) is 14.3 Å². The molecule has 0 aliphatic carbocycles. The Balaban J connectivity index is 1.96. The summed E-state index contributed by atoms with van der Waals surface area (Å²) in [4.78, 5) is 11.8. The van der Waals surface area contributed by atoms with E-state index in [4.69, 9.17) is 5.11 Å². The zero-order chi connectivity index (χ0) is 14.5. The summed E-state index contributed by atoms with van der Waals surface area (Å²) in [6, 6.07) is 12.4. The summed E-state index contributed by atoms with van der Waals surface area (Å²) in [5.74, 6) is -1.76. The number of benzene rings is 2. The number of aromatic hydroxyl groups is 1. The summed E-state index contributed by atoms with van der Waals surface area (Å²) < 4.78 is 13.1. The molecule has 2 aromatic rings. The minimum atomic E-state index is -1.27. The van der Waals surface area contributed by atoms with Crippen LogP contribution in [0, 0.1) is 5.82 Å². The van der Waals surface area contributed by atoms with Crippen LogP contribution >= 0.6 is 0 Å². The van der Waals surface area contributed by atoms with Crippen LogP contribution in [0.1, 0.15) is 17.2 Å². The van der Waals surface area contributed by atoms with Crippen molar-refractivity contribution in [1.29, 1.82) is 0 Å². The van der Waals surface area contributed by atoms with Crippen LogP contribution in [0.3, 0.4) is 0 Å². The lowest BCUT2D eigenvalue weighted by atomic mass is 10.1. The molecule has 1 unspecified atom stereocenters. The van der Waals surface area contributed by atoms with Gasteiger partial charge in [0.2, 0.25) is 0 Å². The first kappa shape index (κ1) is 14.0. The Bertz CT molecular complexity index is 601. The fraction of sp³-hybridized carbons (Fsp3) is 0.133. The highest BCUT2D eigenvalue weighted by Crippen LogP contribution is 2.16. The molecule has 0 aliphatic heterocycles. The number of aliphatic hydroxyl groups is 1. The maximum Gasteiger partial charge on any atom is 0.253 e. The van der Waals surface area contributed by atoms with Crippen molar-refractivity contribution in [3.63, 3.8) is 0 Å². The molecule has 104 valence electrons. The normalized spacial score (nSPS) is 11.9. The summed E-state index contributed by atoms with van der Waals surface area (Å²) in [6.07, 6.45) is -1.27. The molecular weight excluding hydrogens is 261 g/mol. The SMILES string of the molecule is O=C(NCc1ccc(O)c(F)c1)C(O)c1ccccc1. The van der Waals surface area contributed by atoms with E-state index in [-0.39, 0.29) is 6.54 Å². The minimum Gasteiger partial charge on any atom is -0.505 e. The third kappa shape index (κ3) is 3.33. The number of halogens is 1. The molecule has 4 nitrogen and oxygen atoms in total. The van der Waals surface area contributed by atoms with Gasteiger partial charge in [-0.25, -0.2) is 4.39 Å². The highest BCUT2D eigenvalue weighted by molar-refractivity contribution is 5.81. The lowest BCUT2D eigenvalue weighted by Crippen LogP contribution is -2.28. The summed E-state index contributed by atoms with van der Waals surface area (Å²) in [5.41, 5.74) is 0.982. The molecule has 0 spiro atoms. The van der Waals surface area contributed by atoms with Gasteiger partial charge in [0, 0.05) is 6.54 Å². The Labute approximate surface area is 115 Å². The van der Waals surface area contributed by atoms with Gasteiger partial charge in [0.25, 0.3) is 5.91 Å². The molecule has 1 amide bonds. The first-order chi connectivity index (χ1) is 9.58. The van der Waals surface area contributed by atoms with E-state index in [0.29, 0.717) is 11.1 Å². The second-order valence-corrected chi connectivity index (χ2v) is 4.32. The molecule has 0 aliphatic rings. The first-order valence-electron chi connectivity index (χ1n) is 6.06. The van der Waals surface area contributed by atoms with E-state index in [1.807, 2.05) is 0 Å². The molecule has 3 N–H and O–H groups in total. The maximum atomic E-state index is 13.1. The fourth-order valence-electron chi connectivity index (χ4n) is 1.73. The Morgan fingerprint density at radius 1 is 1.20 bits per heavy atom. The molecule has 0 fully saturated rings. The number of aliphatic hydroxyl groups excluding tert-OH is 1. The van der Waals surface area contributed by atoms with Crippen molar-refractivity contribution in [3.8, 4) is 5.75 Å². The molecule has 0 radical (unpaired) electrons. The van der Waals surface area contributed by atoms with E-state index < -0.39 is 23.6 Å². The van der Waals surface area contributed by atoms with E-state index in [2.05, 4.69) is 5.32 Å². The van der Waals surface area contributed by atoms with Crippen molar-refractivity contribution >= 4 is 5.91 Å². The van der Waals surface area contributed by atoms with Gasteiger partial charge >= 0.3 is 0 Å². The molecule has 0 aromatic heterocycles. The average molecular weight is 275 g/mol. The summed E-state index contributed by atoms with van der Waals surface area (Å²) in [5, 5.41) is 21.4. The molecule has 0 bridgehead atoms. The van der Waals surface area contributed by atoms with Crippen molar-refractivity contribution in [2.45, 2.75) is 12.6 Å². The van der Waals surface area contributed by atoms with Gasteiger partial charge in [-0.1, -0.05) is 36.4 Å². The van der Waals surface area contributed by atoms with Crippen LogP contribution in [0.2, 0.25) is 0 Å². The third-order valence-electron chi connectivity index (χ3n) is 2.84. The van der Waals surface area contributed by atoms with Crippen LogP contribution in [0.4, 0.5) is 4.39 Å². The molecular formula is C15H14FNO3. The summed E-state index contributed by atoms with van der Waals surface area (Å²) >= 11 is 0. The van der Waals surface area contributed by atoms with Crippen molar-refractivity contribution < 1.29 is 19.4 Å². The summed E-state index contributed by atoms with van der Waals surface area (Å²) in [7, 11) is 0. The second-order valence-electron chi connectivity index (χ2n) is 4.32. The van der Waals surface area contributed by atoms with Gasteiger partial charge in [0.05, 0.1) is 0 Å². The quantitative estimate of drug-likeness (QED) is 0.798. The molecule has 2 aromatic carbocycles. The molecule has 0 saturated carbocycles. The minimum absolute atomic E-state index is 0.0694. The van der Waals surface area contributed by atoms with Crippen LogP contribution < -0.4 is 5.32 Å². The lowest BCUT2D eigenvalue weighted by Gasteiger charge is -2.11. The van der Waals surface area contributed by atoms with Crippen LogP contribution in [0.5, 0.6) is 5.75 Å². The highest BCUT2D eigenvalue weighted by Gasteiger charge is 2.16. The monoisotopic (exact) mass is 275 g/mol. The third-order valence-corrected chi connectivity index (χ3v) is 2.84. The van der Waals surface area contributed by atoms with Crippen molar-refractivity contribution in [2.24, 2.45) is 0 Å². The number of rotatable bonds is 4. The lowest BCUT2D eigenvalue weighted by molar-refractivity contribution is -0.129. The predicted octanol–water partition coefficient (Wildman–Crippen LogP) is 1.88. The van der Waals surface area contributed by atoms with Crippen LogP contribution in [0.15, 0.2) is 48.5 Å². The van der Waals surface area contributed by atoms with Gasteiger partial charge in [0.15, 0.2) is 17.7 Å². The van der Waals surface area contributed by atoms with E-state index in [0.717, 1.165) is 6.07 Å². The van der Waals surface area contributed by atoms with Gasteiger partial charge in [0.1, 0.15) is 0 Å². The number of nitrogens with one attached hydrogen (secondary N) is 1. The zero-order valence-corrected chi connectivity index (χ0v) is 10.6. The second kappa shape index (κ2) is 6.16. The first-order valence-corrected chi connectivity index (χ1v) is 6.06.